The first kappa shape index (κ1) is 15.4. The highest BCUT2D eigenvalue weighted by molar-refractivity contribution is 5.67. The summed E-state index contributed by atoms with van der Waals surface area (Å²) in [6.07, 6.45) is 0.230. The van der Waals surface area contributed by atoms with Crippen LogP contribution in [0.5, 0.6) is 17.2 Å². The third kappa shape index (κ3) is 3.58. The minimum Gasteiger partial charge on any atom is -0.496 e. The lowest BCUT2D eigenvalue weighted by Gasteiger charge is -2.39. The van der Waals surface area contributed by atoms with Crippen LogP contribution < -0.4 is 14.2 Å². The van der Waals surface area contributed by atoms with Gasteiger partial charge in [0.05, 0.1) is 33.3 Å². The Morgan fingerprint density at radius 1 is 1.19 bits per heavy atom. The molecule has 1 N–H and O–H groups in total. The van der Waals surface area contributed by atoms with Crippen LogP contribution in [0.25, 0.3) is 0 Å². The van der Waals surface area contributed by atoms with Crippen molar-refractivity contribution >= 4 is 5.97 Å². The Hall–Kier alpha value is -1.95. The van der Waals surface area contributed by atoms with Gasteiger partial charge in [-0.3, -0.25) is 9.69 Å². The van der Waals surface area contributed by atoms with Gasteiger partial charge in [-0.15, -0.1) is 0 Å². The maximum Gasteiger partial charge on any atom is 0.303 e. The second-order valence-electron chi connectivity index (χ2n) is 5.17. The van der Waals surface area contributed by atoms with Gasteiger partial charge < -0.3 is 19.3 Å². The van der Waals surface area contributed by atoms with E-state index in [0.717, 1.165) is 18.7 Å². The lowest BCUT2D eigenvalue weighted by atomic mass is 9.95. The van der Waals surface area contributed by atoms with Crippen molar-refractivity contribution in [3.05, 3.63) is 17.7 Å². The quantitative estimate of drug-likeness (QED) is 0.824. The maximum absolute atomic E-state index is 10.7. The smallest absolute Gasteiger partial charge is 0.303 e. The molecule has 1 aliphatic rings. The highest BCUT2D eigenvalue weighted by atomic mass is 16.5. The van der Waals surface area contributed by atoms with E-state index in [1.165, 1.54) is 0 Å². The topological polar surface area (TPSA) is 68.2 Å². The molecule has 0 saturated carbocycles. The normalized spacial score (nSPS) is 15.4. The van der Waals surface area contributed by atoms with Crippen molar-refractivity contribution in [1.82, 2.24) is 4.90 Å². The van der Waals surface area contributed by atoms with E-state index < -0.39 is 5.97 Å². The standard InChI is InChI=1S/C15H21NO5/c1-19-11-5-13(20-2)12(14(6-11)21-3)9-16-7-10(8-16)4-15(17)18/h5-6,10H,4,7-9H2,1-3H3,(H,17,18). The predicted molar refractivity (Wildman–Crippen MR) is 77.1 cm³/mol. The molecule has 2 rings (SSSR count). The summed E-state index contributed by atoms with van der Waals surface area (Å²) in [7, 11) is 4.82. The molecule has 0 spiro atoms. The van der Waals surface area contributed by atoms with Gasteiger partial charge in [0.25, 0.3) is 0 Å². The Morgan fingerprint density at radius 2 is 1.76 bits per heavy atom. The number of hydrogen-bond donors (Lipinski definition) is 1. The summed E-state index contributed by atoms with van der Waals surface area (Å²) < 4.78 is 16.0. The Bertz CT molecular complexity index is 486. The summed E-state index contributed by atoms with van der Waals surface area (Å²) >= 11 is 0. The third-order valence-corrected chi connectivity index (χ3v) is 3.69. The molecule has 0 radical (unpaired) electrons. The van der Waals surface area contributed by atoms with Crippen LogP contribution in [-0.2, 0) is 11.3 Å². The number of carbonyl (C=O) groups is 1. The van der Waals surface area contributed by atoms with Crippen molar-refractivity contribution in [3.8, 4) is 17.2 Å². The molecule has 6 nitrogen and oxygen atoms in total. The van der Waals surface area contributed by atoms with Crippen LogP contribution >= 0.6 is 0 Å². The van der Waals surface area contributed by atoms with Crippen LogP contribution in [-0.4, -0.2) is 50.4 Å². The number of carboxylic acids is 1. The van der Waals surface area contributed by atoms with E-state index in [1.807, 2.05) is 12.1 Å². The summed E-state index contributed by atoms with van der Waals surface area (Å²) in [6, 6.07) is 3.65. The van der Waals surface area contributed by atoms with Crippen LogP contribution in [0.3, 0.4) is 0 Å². The Labute approximate surface area is 124 Å². The second-order valence-corrected chi connectivity index (χ2v) is 5.17. The molecule has 1 fully saturated rings. The van der Waals surface area contributed by atoms with Gasteiger partial charge in [0, 0.05) is 31.8 Å². The molecule has 0 unspecified atom stereocenters. The SMILES string of the molecule is COc1cc(OC)c(CN2CC(CC(=O)O)C2)c(OC)c1. The number of nitrogens with zero attached hydrogens (tertiary/aromatic N) is 1. The molecular weight excluding hydrogens is 274 g/mol. The summed E-state index contributed by atoms with van der Waals surface area (Å²) in [6.45, 7) is 2.24. The molecule has 116 valence electrons. The molecule has 0 aromatic heterocycles. The van der Waals surface area contributed by atoms with Crippen molar-refractivity contribution in [2.45, 2.75) is 13.0 Å². The van der Waals surface area contributed by atoms with Crippen LogP contribution in [0.2, 0.25) is 0 Å². The van der Waals surface area contributed by atoms with E-state index in [9.17, 15) is 4.79 Å². The van der Waals surface area contributed by atoms with E-state index in [-0.39, 0.29) is 12.3 Å². The molecule has 0 bridgehead atoms. The lowest BCUT2D eigenvalue weighted by molar-refractivity contribution is -0.139. The van der Waals surface area contributed by atoms with Crippen molar-refractivity contribution in [2.75, 3.05) is 34.4 Å². The zero-order valence-electron chi connectivity index (χ0n) is 12.6. The Morgan fingerprint density at radius 3 is 2.19 bits per heavy atom. The van der Waals surface area contributed by atoms with Gasteiger partial charge in [0.1, 0.15) is 17.2 Å². The fourth-order valence-electron chi connectivity index (χ4n) is 2.64. The molecule has 6 heteroatoms. The molecule has 0 amide bonds. The van der Waals surface area contributed by atoms with E-state index in [1.54, 1.807) is 21.3 Å². The number of likely N-dealkylation sites (tertiary alicyclic amines) is 1. The van der Waals surface area contributed by atoms with Gasteiger partial charge in [0.15, 0.2) is 0 Å². The fraction of sp³-hybridized carbons (Fsp3) is 0.533. The molecule has 1 saturated heterocycles. The average molecular weight is 295 g/mol. The van der Waals surface area contributed by atoms with Crippen LogP contribution in [0.1, 0.15) is 12.0 Å². The number of methoxy groups -OCH3 is 3. The summed E-state index contributed by atoms with van der Waals surface area (Å²) in [4.78, 5) is 12.8. The van der Waals surface area contributed by atoms with Gasteiger partial charge in [-0.05, 0) is 5.92 Å². The summed E-state index contributed by atoms with van der Waals surface area (Å²) in [5.41, 5.74) is 0.953. The monoisotopic (exact) mass is 295 g/mol. The van der Waals surface area contributed by atoms with Crippen LogP contribution in [0.4, 0.5) is 0 Å². The molecule has 0 aliphatic carbocycles. The number of ether oxygens (including phenoxy) is 3. The van der Waals surface area contributed by atoms with Gasteiger partial charge in [-0.25, -0.2) is 0 Å². The first-order valence-corrected chi connectivity index (χ1v) is 6.80. The minimum absolute atomic E-state index is 0.230. The van der Waals surface area contributed by atoms with Gasteiger partial charge >= 0.3 is 5.97 Å². The minimum atomic E-state index is -0.737. The zero-order valence-corrected chi connectivity index (χ0v) is 12.6. The van der Waals surface area contributed by atoms with Crippen molar-refractivity contribution in [1.29, 1.82) is 0 Å². The first-order chi connectivity index (χ1) is 10.1. The number of benzene rings is 1. The molecule has 0 atom stereocenters. The van der Waals surface area contributed by atoms with Crippen molar-refractivity contribution in [2.24, 2.45) is 5.92 Å². The largest absolute Gasteiger partial charge is 0.496 e. The highest BCUT2D eigenvalue weighted by Gasteiger charge is 2.30. The van der Waals surface area contributed by atoms with Gasteiger partial charge in [-0.2, -0.15) is 0 Å². The number of hydrogen-bond acceptors (Lipinski definition) is 5. The van der Waals surface area contributed by atoms with Gasteiger partial charge in [0.2, 0.25) is 0 Å². The Balaban J connectivity index is 2.08. The van der Waals surface area contributed by atoms with Crippen LogP contribution in [0.15, 0.2) is 12.1 Å². The molecule has 21 heavy (non-hydrogen) atoms. The van der Waals surface area contributed by atoms with Crippen molar-refractivity contribution in [3.63, 3.8) is 0 Å². The molecule has 1 aliphatic heterocycles. The highest BCUT2D eigenvalue weighted by Crippen LogP contribution is 2.36. The van der Waals surface area contributed by atoms with Crippen LogP contribution in [0, 0.1) is 5.92 Å². The van der Waals surface area contributed by atoms with Gasteiger partial charge in [-0.1, -0.05) is 0 Å². The molecule has 1 aromatic carbocycles. The number of carboxylic acid groups (broad SMARTS) is 1. The van der Waals surface area contributed by atoms with Crippen molar-refractivity contribution < 1.29 is 24.1 Å². The zero-order chi connectivity index (χ0) is 15.4. The van der Waals surface area contributed by atoms with E-state index in [0.29, 0.717) is 23.8 Å². The maximum atomic E-state index is 10.7. The first-order valence-electron chi connectivity index (χ1n) is 6.80. The number of rotatable bonds is 7. The average Bonchev–Trinajstić information content (AvgIpc) is 2.44. The van der Waals surface area contributed by atoms with E-state index in [2.05, 4.69) is 4.90 Å². The molecular formula is C15H21NO5. The summed E-state index contributed by atoms with van der Waals surface area (Å²) in [5.74, 6) is 1.61. The summed E-state index contributed by atoms with van der Waals surface area (Å²) in [5, 5.41) is 8.77. The van der Waals surface area contributed by atoms with E-state index >= 15 is 0 Å². The molecule has 1 aromatic rings. The Kier molecular flexibility index (Phi) is 4.90. The number of aliphatic carboxylic acids is 1. The van der Waals surface area contributed by atoms with E-state index in [4.69, 9.17) is 19.3 Å². The molecule has 1 heterocycles. The lowest BCUT2D eigenvalue weighted by Crippen LogP contribution is -2.46. The fourth-order valence-corrected chi connectivity index (χ4v) is 2.64. The predicted octanol–water partition coefficient (Wildman–Crippen LogP) is 1.62. The second kappa shape index (κ2) is 6.67. The third-order valence-electron chi connectivity index (χ3n) is 3.69.